The van der Waals surface area contributed by atoms with Crippen molar-refractivity contribution in [3.8, 4) is 11.1 Å². The molecule has 11 heteroatoms. The zero-order chi connectivity index (χ0) is 31.4. The van der Waals surface area contributed by atoms with E-state index in [0.29, 0.717) is 30.3 Å². The number of hydroxylamine groups is 1. The first-order chi connectivity index (χ1) is 22.0. The summed E-state index contributed by atoms with van der Waals surface area (Å²) < 4.78 is 13.0. The molecule has 10 nitrogen and oxygen atoms in total. The van der Waals surface area contributed by atoms with Crippen LogP contribution in [0, 0.1) is 0 Å². The summed E-state index contributed by atoms with van der Waals surface area (Å²) in [4.78, 5) is 32.0. The van der Waals surface area contributed by atoms with Crippen LogP contribution >= 0.6 is 11.8 Å². The fourth-order valence-corrected chi connectivity index (χ4v) is 5.85. The number of aliphatic hydroxyl groups excluding tert-OH is 1. The van der Waals surface area contributed by atoms with Crippen LogP contribution < -0.4 is 10.8 Å². The van der Waals surface area contributed by atoms with Crippen LogP contribution in [0.4, 0.5) is 0 Å². The monoisotopic (exact) mass is 628 g/mol. The van der Waals surface area contributed by atoms with E-state index in [4.69, 9.17) is 14.7 Å². The van der Waals surface area contributed by atoms with Crippen molar-refractivity contribution in [3.63, 3.8) is 0 Å². The number of carbonyl (C=O) groups excluding carboxylic acids is 2. The fourth-order valence-electron chi connectivity index (χ4n) is 5.03. The zero-order valence-electron chi connectivity index (χ0n) is 24.7. The lowest BCUT2D eigenvalue weighted by Gasteiger charge is -2.36. The SMILES string of the molecule is O=C(CCCC(=O)NCc1cccc(-c2cccc([C@H]3O[C@@H](CSc4ncccn4)C[C@@H](c4ccc(CO)cc4)O3)c2)c1)NO. The van der Waals surface area contributed by atoms with Crippen molar-refractivity contribution in [3.05, 3.63) is 114 Å². The summed E-state index contributed by atoms with van der Waals surface area (Å²) in [6.07, 6.45) is 3.83. The van der Waals surface area contributed by atoms with Crippen LogP contribution in [-0.2, 0) is 32.2 Å². The number of nitrogens with one attached hydrogen (secondary N) is 2. The molecule has 0 bridgehead atoms. The molecule has 4 N–H and O–H groups in total. The molecule has 1 aliphatic rings. The fraction of sp³-hybridized carbons (Fsp3) is 0.294. The molecule has 1 saturated heterocycles. The first kappa shape index (κ1) is 32.3. The van der Waals surface area contributed by atoms with E-state index in [1.807, 2.05) is 66.7 Å². The second kappa shape index (κ2) is 16.3. The normalized spacial score (nSPS) is 17.9. The van der Waals surface area contributed by atoms with Crippen LogP contribution in [-0.4, -0.2) is 44.0 Å². The number of ether oxygens (including phenoxy) is 2. The van der Waals surface area contributed by atoms with Crippen molar-refractivity contribution in [1.29, 1.82) is 0 Å². The highest BCUT2D eigenvalue weighted by Gasteiger charge is 2.32. The summed E-state index contributed by atoms with van der Waals surface area (Å²) >= 11 is 1.55. The summed E-state index contributed by atoms with van der Waals surface area (Å²) in [6.45, 7) is 0.342. The van der Waals surface area contributed by atoms with Crippen molar-refractivity contribution in [2.45, 2.75) is 62.5 Å². The van der Waals surface area contributed by atoms with Gasteiger partial charge in [0.1, 0.15) is 0 Å². The molecule has 4 aromatic rings. The number of carbonyl (C=O) groups is 2. The number of rotatable bonds is 13. The molecule has 5 rings (SSSR count). The highest BCUT2D eigenvalue weighted by molar-refractivity contribution is 7.99. The molecular formula is C34H36N4O6S. The summed E-state index contributed by atoms with van der Waals surface area (Å²) in [5.74, 6) is -0.00556. The van der Waals surface area contributed by atoms with Gasteiger partial charge in [0.2, 0.25) is 11.8 Å². The van der Waals surface area contributed by atoms with E-state index in [0.717, 1.165) is 33.4 Å². The van der Waals surface area contributed by atoms with Gasteiger partial charge in [-0.1, -0.05) is 72.4 Å². The second-order valence-electron chi connectivity index (χ2n) is 10.7. The number of nitrogens with zero attached hydrogens (tertiary/aromatic N) is 2. The van der Waals surface area contributed by atoms with Crippen LogP contribution in [0.1, 0.15) is 60.3 Å². The van der Waals surface area contributed by atoms with Crippen LogP contribution in [0.3, 0.4) is 0 Å². The molecule has 3 atom stereocenters. The molecule has 2 amide bonds. The lowest BCUT2D eigenvalue weighted by Crippen LogP contribution is -2.31. The smallest absolute Gasteiger partial charge is 0.243 e. The van der Waals surface area contributed by atoms with E-state index in [2.05, 4.69) is 21.4 Å². The van der Waals surface area contributed by atoms with Crippen molar-refractivity contribution in [2.75, 3.05) is 5.75 Å². The Balaban J connectivity index is 1.28. The van der Waals surface area contributed by atoms with Crippen LogP contribution in [0.5, 0.6) is 0 Å². The van der Waals surface area contributed by atoms with Gasteiger partial charge in [-0.15, -0.1) is 0 Å². The molecule has 3 aromatic carbocycles. The summed E-state index contributed by atoms with van der Waals surface area (Å²) in [5.41, 5.74) is 7.24. The molecule has 0 spiro atoms. The standard InChI is InChI=1S/C34H36N4O6S/c39-21-23-11-13-25(14-12-23)30-19-29(22-45-34-35-15-4-16-36-34)43-33(44-30)28-8-2-7-27(18-28)26-6-1-5-24(17-26)20-37-31(40)9-3-10-32(41)38-42/h1-2,4-8,11-18,29-30,33,39,42H,3,9-10,19-22H2,(H,37,40)(H,38,41)/t29-,30+,33+/m1/s1. The molecule has 1 aromatic heterocycles. The number of hydrogen-bond acceptors (Lipinski definition) is 9. The predicted octanol–water partition coefficient (Wildman–Crippen LogP) is 5.27. The number of aliphatic hydroxyl groups is 1. The topological polar surface area (TPSA) is 143 Å². The van der Waals surface area contributed by atoms with E-state index in [9.17, 15) is 14.7 Å². The van der Waals surface area contributed by atoms with Gasteiger partial charge in [-0.3, -0.25) is 14.8 Å². The molecule has 0 aliphatic carbocycles. The Bertz CT molecular complexity index is 1560. The number of thioether (sulfide) groups is 1. The summed E-state index contributed by atoms with van der Waals surface area (Å²) in [5, 5.41) is 21.7. The van der Waals surface area contributed by atoms with Crippen molar-refractivity contribution < 1.29 is 29.4 Å². The first-order valence-electron chi connectivity index (χ1n) is 14.8. The summed E-state index contributed by atoms with van der Waals surface area (Å²) in [7, 11) is 0. The Morgan fingerprint density at radius 3 is 2.33 bits per heavy atom. The molecular weight excluding hydrogens is 592 g/mol. The maximum atomic E-state index is 12.2. The number of hydrogen-bond donors (Lipinski definition) is 4. The molecule has 0 unspecified atom stereocenters. The Hall–Kier alpha value is -4.13. The molecule has 2 heterocycles. The van der Waals surface area contributed by atoms with Crippen molar-refractivity contribution in [1.82, 2.24) is 20.8 Å². The third kappa shape index (κ3) is 9.43. The molecule has 0 saturated carbocycles. The van der Waals surface area contributed by atoms with Crippen LogP contribution in [0.25, 0.3) is 11.1 Å². The van der Waals surface area contributed by atoms with Gasteiger partial charge < -0.3 is 19.9 Å². The highest BCUT2D eigenvalue weighted by atomic mass is 32.2. The van der Waals surface area contributed by atoms with E-state index in [1.165, 1.54) is 0 Å². The van der Waals surface area contributed by atoms with Gasteiger partial charge in [0.15, 0.2) is 11.4 Å². The Kier molecular flexibility index (Phi) is 11.7. The molecule has 0 radical (unpaired) electrons. The third-order valence-corrected chi connectivity index (χ3v) is 8.40. The predicted molar refractivity (Wildman–Crippen MR) is 169 cm³/mol. The van der Waals surface area contributed by atoms with Crippen molar-refractivity contribution >= 4 is 23.6 Å². The Labute approximate surface area is 266 Å². The van der Waals surface area contributed by atoms with Gasteiger partial charge >= 0.3 is 0 Å². The number of aromatic nitrogens is 2. The molecule has 1 aliphatic heterocycles. The average Bonchev–Trinajstić information content (AvgIpc) is 3.10. The van der Waals surface area contributed by atoms with Gasteiger partial charge in [0, 0.05) is 49.5 Å². The van der Waals surface area contributed by atoms with Gasteiger partial charge in [0.05, 0.1) is 18.8 Å². The molecule has 1 fully saturated rings. The van der Waals surface area contributed by atoms with E-state index < -0.39 is 12.2 Å². The minimum atomic E-state index is -0.598. The van der Waals surface area contributed by atoms with Gasteiger partial charge in [-0.25, -0.2) is 15.4 Å². The van der Waals surface area contributed by atoms with Gasteiger partial charge in [-0.2, -0.15) is 0 Å². The average molecular weight is 629 g/mol. The molecule has 234 valence electrons. The summed E-state index contributed by atoms with van der Waals surface area (Å²) in [6, 6.07) is 25.6. The van der Waals surface area contributed by atoms with Crippen molar-refractivity contribution in [2.24, 2.45) is 0 Å². The zero-order valence-corrected chi connectivity index (χ0v) is 25.5. The second-order valence-corrected chi connectivity index (χ2v) is 11.7. The van der Waals surface area contributed by atoms with E-state index in [-0.39, 0.29) is 37.6 Å². The minimum absolute atomic E-state index is 0.0141. The Morgan fingerprint density at radius 1 is 0.844 bits per heavy atom. The van der Waals surface area contributed by atoms with E-state index >= 15 is 0 Å². The first-order valence-corrected chi connectivity index (χ1v) is 15.8. The highest BCUT2D eigenvalue weighted by Crippen LogP contribution is 2.40. The number of amides is 2. The molecule has 45 heavy (non-hydrogen) atoms. The maximum Gasteiger partial charge on any atom is 0.243 e. The largest absolute Gasteiger partial charge is 0.392 e. The minimum Gasteiger partial charge on any atom is -0.392 e. The van der Waals surface area contributed by atoms with Gasteiger partial charge in [-0.05, 0) is 52.4 Å². The number of benzene rings is 3. The quantitative estimate of drug-likeness (QED) is 0.0674. The van der Waals surface area contributed by atoms with Crippen LogP contribution in [0.15, 0.2) is 96.4 Å². The lowest BCUT2D eigenvalue weighted by atomic mass is 9.99. The third-order valence-electron chi connectivity index (χ3n) is 7.40. The van der Waals surface area contributed by atoms with Gasteiger partial charge in [0.25, 0.3) is 0 Å². The van der Waals surface area contributed by atoms with Crippen LogP contribution in [0.2, 0.25) is 0 Å². The van der Waals surface area contributed by atoms with E-state index in [1.54, 1.807) is 35.7 Å². The Morgan fingerprint density at radius 2 is 1.58 bits per heavy atom. The lowest BCUT2D eigenvalue weighted by molar-refractivity contribution is -0.245. The maximum absolute atomic E-state index is 12.2.